The van der Waals surface area contributed by atoms with Gasteiger partial charge in [-0.1, -0.05) is 0 Å². The first-order chi connectivity index (χ1) is 11.4. The quantitative estimate of drug-likeness (QED) is 0.294. The van der Waals surface area contributed by atoms with Gasteiger partial charge in [0, 0.05) is 11.6 Å². The van der Waals surface area contributed by atoms with Crippen LogP contribution in [0.3, 0.4) is 0 Å². The highest BCUT2D eigenvalue weighted by molar-refractivity contribution is 7.79. The van der Waals surface area contributed by atoms with E-state index in [0.29, 0.717) is 11.3 Å². The predicted molar refractivity (Wildman–Crippen MR) is 88.6 cm³/mol. The van der Waals surface area contributed by atoms with Crippen LogP contribution in [0, 0.1) is 6.92 Å². The predicted octanol–water partition coefficient (Wildman–Crippen LogP) is 0.104. The maximum Gasteiger partial charge on any atom is 0.498 e. The largest absolute Gasteiger partial charge is 0.726 e. The van der Waals surface area contributed by atoms with Gasteiger partial charge in [0.1, 0.15) is 22.9 Å². The molecule has 10 heteroatoms. The number of aromatic hydroxyl groups is 2. The van der Waals surface area contributed by atoms with E-state index in [1.54, 1.807) is 30.8 Å². The summed E-state index contributed by atoms with van der Waals surface area (Å²) in [6.07, 6.45) is 3.38. The fourth-order valence-corrected chi connectivity index (χ4v) is 1.90. The van der Waals surface area contributed by atoms with Crippen LogP contribution in [0.1, 0.15) is 17.0 Å². The fraction of sp³-hybridized carbons (Fsp3) is 0.200. The van der Waals surface area contributed by atoms with Gasteiger partial charge in [-0.3, -0.25) is 4.55 Å². The van der Waals surface area contributed by atoms with Crippen LogP contribution in [0.15, 0.2) is 29.1 Å². The molecule has 0 aliphatic heterocycles. The Labute approximate surface area is 144 Å². The van der Waals surface area contributed by atoms with Crippen LogP contribution in [0.2, 0.25) is 0 Å². The summed E-state index contributed by atoms with van der Waals surface area (Å²) in [4.78, 5) is 11.9. The number of hydrogen-bond donors (Lipinski definition) is 3. The summed E-state index contributed by atoms with van der Waals surface area (Å²) in [5, 5.41) is 19.1. The van der Waals surface area contributed by atoms with E-state index in [-0.39, 0.29) is 17.2 Å². The van der Waals surface area contributed by atoms with Crippen molar-refractivity contribution in [1.82, 2.24) is 4.57 Å². The summed E-state index contributed by atoms with van der Waals surface area (Å²) in [6, 6.07) is 6.16. The molecule has 1 aromatic carbocycles. The molecule has 0 unspecified atom stereocenters. The van der Waals surface area contributed by atoms with Gasteiger partial charge in [0.25, 0.3) is 0 Å². The van der Waals surface area contributed by atoms with Crippen molar-refractivity contribution in [3.63, 3.8) is 0 Å². The summed E-state index contributed by atoms with van der Waals surface area (Å²) < 4.78 is 35.9. The Balaban J connectivity index is 0.000000550. The van der Waals surface area contributed by atoms with Crippen molar-refractivity contribution in [2.75, 3.05) is 0 Å². The lowest BCUT2D eigenvalue weighted by atomic mass is 10.1. The van der Waals surface area contributed by atoms with E-state index < -0.39 is 10.4 Å². The normalized spacial score (nSPS) is 11.2. The number of aromatic nitrogens is 2. The van der Waals surface area contributed by atoms with Gasteiger partial charge in [-0.15, -0.1) is 0 Å². The Morgan fingerprint density at radius 1 is 1.20 bits per heavy atom. The van der Waals surface area contributed by atoms with Crippen LogP contribution in [-0.2, 0) is 24.5 Å². The molecule has 0 fully saturated rings. The Morgan fingerprint density at radius 3 is 2.32 bits per heavy atom. The van der Waals surface area contributed by atoms with E-state index in [0.717, 1.165) is 5.69 Å². The molecule has 2 rings (SSSR count). The van der Waals surface area contributed by atoms with Crippen LogP contribution in [0.4, 0.5) is 0 Å². The van der Waals surface area contributed by atoms with Crippen LogP contribution >= 0.6 is 0 Å². The fourth-order valence-electron chi connectivity index (χ4n) is 1.90. The number of hydrogen-bond acceptors (Lipinski definition) is 6. The van der Waals surface area contributed by atoms with E-state index >= 15 is 0 Å². The molecule has 25 heavy (non-hydrogen) atoms. The Bertz CT molecular complexity index is 955. The van der Waals surface area contributed by atoms with Gasteiger partial charge in [-0.05, 0) is 37.3 Å². The molecule has 0 saturated carbocycles. The van der Waals surface area contributed by atoms with Gasteiger partial charge >= 0.3 is 5.69 Å². The van der Waals surface area contributed by atoms with E-state index in [1.807, 2.05) is 13.0 Å². The lowest BCUT2D eigenvalue weighted by molar-refractivity contribution is -0.692. The Morgan fingerprint density at radius 2 is 1.76 bits per heavy atom. The summed E-state index contributed by atoms with van der Waals surface area (Å²) in [5.41, 5.74) is 1.93. The summed E-state index contributed by atoms with van der Waals surface area (Å²) in [6.45, 7) is 1.85. The van der Waals surface area contributed by atoms with Crippen LogP contribution in [0.5, 0.6) is 11.5 Å². The van der Waals surface area contributed by atoms with E-state index in [2.05, 4.69) is 0 Å². The SMILES string of the molecule is Cc1cc(C=Cc2cc(O)ccc2O)[n+](C)c(=O)n1C.O=S(=O)([O-])O. The first-order valence-electron chi connectivity index (χ1n) is 6.85. The zero-order chi connectivity index (χ0) is 19.4. The van der Waals surface area contributed by atoms with Crippen molar-refractivity contribution in [3.8, 4) is 11.5 Å². The number of rotatable bonds is 2. The molecule has 0 aliphatic rings. The van der Waals surface area contributed by atoms with Crippen molar-refractivity contribution in [1.29, 1.82) is 0 Å². The molecule has 0 atom stereocenters. The monoisotopic (exact) mass is 370 g/mol. The average Bonchev–Trinajstić information content (AvgIpc) is 2.49. The van der Waals surface area contributed by atoms with E-state index in [4.69, 9.17) is 17.5 Å². The molecule has 0 aliphatic carbocycles. The van der Waals surface area contributed by atoms with Gasteiger partial charge in [-0.2, -0.15) is 13.9 Å². The maximum atomic E-state index is 11.9. The lowest BCUT2D eigenvalue weighted by Crippen LogP contribution is -2.53. The van der Waals surface area contributed by atoms with Crippen molar-refractivity contribution < 1.29 is 32.3 Å². The first-order valence-corrected chi connectivity index (χ1v) is 8.21. The molecule has 136 valence electrons. The summed E-state index contributed by atoms with van der Waals surface area (Å²) in [5.74, 6) is 0.147. The molecular formula is C15H18N2O7S. The van der Waals surface area contributed by atoms with Gasteiger partial charge < -0.3 is 14.8 Å². The molecule has 0 radical (unpaired) electrons. The van der Waals surface area contributed by atoms with Crippen LogP contribution in [-0.4, -0.2) is 32.3 Å². The number of nitrogens with zero attached hydrogens (tertiary/aromatic N) is 2. The minimum absolute atomic E-state index is 0.0715. The minimum Gasteiger partial charge on any atom is -0.726 e. The van der Waals surface area contributed by atoms with Gasteiger partial charge in [0.05, 0.1) is 14.1 Å². The highest BCUT2D eigenvalue weighted by atomic mass is 32.3. The summed E-state index contributed by atoms with van der Waals surface area (Å²) >= 11 is 0. The third kappa shape index (κ3) is 6.37. The molecule has 9 nitrogen and oxygen atoms in total. The third-order valence-corrected chi connectivity index (χ3v) is 3.29. The van der Waals surface area contributed by atoms with Gasteiger partial charge in [-0.25, -0.2) is 8.42 Å². The highest BCUT2D eigenvalue weighted by Crippen LogP contribution is 2.23. The Hall–Kier alpha value is -2.69. The minimum atomic E-state index is -4.92. The van der Waals surface area contributed by atoms with Gasteiger partial charge in [0.15, 0.2) is 0 Å². The van der Waals surface area contributed by atoms with Crippen molar-refractivity contribution in [2.45, 2.75) is 6.92 Å². The van der Waals surface area contributed by atoms with Crippen molar-refractivity contribution in [3.05, 3.63) is 51.7 Å². The number of phenols is 2. The van der Waals surface area contributed by atoms with E-state index in [1.165, 1.54) is 22.8 Å². The second-order valence-corrected chi connectivity index (χ2v) is 5.97. The Kier molecular flexibility index (Phi) is 6.45. The molecule has 0 bridgehead atoms. The lowest BCUT2D eigenvalue weighted by Gasteiger charge is -2.02. The molecule has 0 saturated heterocycles. The number of aryl methyl sites for hydroxylation is 1. The van der Waals surface area contributed by atoms with Gasteiger partial charge in [0.2, 0.25) is 10.4 Å². The molecular weight excluding hydrogens is 352 g/mol. The molecule has 1 aromatic heterocycles. The van der Waals surface area contributed by atoms with Crippen LogP contribution < -0.4 is 10.3 Å². The van der Waals surface area contributed by atoms with Crippen LogP contribution in [0.25, 0.3) is 12.2 Å². The first kappa shape index (κ1) is 20.4. The van der Waals surface area contributed by atoms with Crippen molar-refractivity contribution >= 4 is 22.6 Å². The van der Waals surface area contributed by atoms with Crippen molar-refractivity contribution in [2.24, 2.45) is 14.1 Å². The smallest absolute Gasteiger partial charge is 0.498 e. The van der Waals surface area contributed by atoms with E-state index in [9.17, 15) is 15.0 Å². The molecule has 0 spiro atoms. The zero-order valence-electron chi connectivity index (χ0n) is 13.7. The topological polar surface area (TPSA) is 144 Å². The molecule has 3 N–H and O–H groups in total. The third-order valence-electron chi connectivity index (χ3n) is 3.29. The average molecular weight is 370 g/mol. The zero-order valence-corrected chi connectivity index (χ0v) is 14.6. The number of phenolic OH excluding ortho intramolecular Hbond substituents is 2. The standard InChI is InChI=1S/C15H16N2O3.H2O4S/c1-10-8-12(17(3)15(20)16(10)2)5-4-11-9-13(18)6-7-14(11)19;1-5(2,3)4/h4-9,18H,1-3H3;(H2,1,2,3,4). The summed E-state index contributed by atoms with van der Waals surface area (Å²) in [7, 11) is -1.52. The second-order valence-electron chi connectivity index (χ2n) is 5.12. The molecule has 2 aromatic rings. The second kappa shape index (κ2) is 7.92. The molecule has 1 heterocycles. The maximum absolute atomic E-state index is 11.9. The highest BCUT2D eigenvalue weighted by Gasteiger charge is 2.11. The number of benzene rings is 1. The molecule has 0 amide bonds.